The van der Waals surface area contributed by atoms with Gasteiger partial charge in [0.05, 0.1) is 12.8 Å². The molecule has 4 heteroatoms. The van der Waals surface area contributed by atoms with Gasteiger partial charge in [-0.15, -0.1) is 0 Å². The Kier molecular flexibility index (Phi) is 5.63. The van der Waals surface area contributed by atoms with Gasteiger partial charge in [0.25, 0.3) is 0 Å². The summed E-state index contributed by atoms with van der Waals surface area (Å²) in [6.45, 7) is 5.99. The smallest absolute Gasteiger partial charge is 0.246 e. The average molecular weight is 312 g/mol. The average Bonchev–Trinajstić information content (AvgIpc) is 2.56. The zero-order valence-electron chi connectivity index (χ0n) is 14.1. The van der Waals surface area contributed by atoms with E-state index in [1.807, 2.05) is 63.2 Å². The number of aryl methyl sites for hydroxylation is 2. The van der Waals surface area contributed by atoms with Crippen LogP contribution in [-0.4, -0.2) is 19.1 Å². The van der Waals surface area contributed by atoms with Gasteiger partial charge in [0.2, 0.25) is 5.91 Å². The van der Waals surface area contributed by atoms with Crippen LogP contribution in [0, 0.1) is 13.8 Å². The van der Waals surface area contributed by atoms with E-state index < -0.39 is 0 Å². The monoisotopic (exact) mass is 312 g/mol. The van der Waals surface area contributed by atoms with E-state index in [1.54, 1.807) is 7.11 Å². The zero-order valence-corrected chi connectivity index (χ0v) is 14.1. The Morgan fingerprint density at radius 2 is 1.87 bits per heavy atom. The normalized spacial score (nSPS) is 11.7. The van der Waals surface area contributed by atoms with Gasteiger partial charge in [-0.1, -0.05) is 31.2 Å². The van der Waals surface area contributed by atoms with Crippen LogP contribution in [0.15, 0.2) is 42.5 Å². The van der Waals surface area contributed by atoms with Crippen LogP contribution in [-0.2, 0) is 4.79 Å². The number of carbonyl (C=O) groups is 1. The van der Waals surface area contributed by atoms with Gasteiger partial charge in [0, 0.05) is 5.69 Å². The Hall–Kier alpha value is -2.49. The van der Waals surface area contributed by atoms with Crippen molar-refractivity contribution in [2.24, 2.45) is 0 Å². The summed E-state index contributed by atoms with van der Waals surface area (Å²) >= 11 is 0. The van der Waals surface area contributed by atoms with Crippen molar-refractivity contribution in [1.29, 1.82) is 0 Å². The second kappa shape index (κ2) is 7.68. The van der Waals surface area contributed by atoms with Crippen LogP contribution < -0.4 is 15.4 Å². The second-order valence-electron chi connectivity index (χ2n) is 5.61. The summed E-state index contributed by atoms with van der Waals surface area (Å²) in [6, 6.07) is 13.3. The highest BCUT2D eigenvalue weighted by molar-refractivity contribution is 5.97. The Bertz CT molecular complexity index is 683. The topological polar surface area (TPSA) is 50.4 Å². The summed E-state index contributed by atoms with van der Waals surface area (Å²) in [7, 11) is 1.62. The lowest BCUT2D eigenvalue weighted by Crippen LogP contribution is -2.34. The van der Waals surface area contributed by atoms with Crippen molar-refractivity contribution in [2.45, 2.75) is 33.2 Å². The van der Waals surface area contributed by atoms with Crippen molar-refractivity contribution >= 4 is 17.3 Å². The maximum absolute atomic E-state index is 12.6. The predicted molar refractivity (Wildman–Crippen MR) is 95.2 cm³/mol. The minimum atomic E-state index is -0.328. The number of hydrogen-bond donors (Lipinski definition) is 2. The first-order valence-corrected chi connectivity index (χ1v) is 7.82. The van der Waals surface area contributed by atoms with Crippen LogP contribution in [0.3, 0.4) is 0 Å². The molecule has 0 radical (unpaired) electrons. The molecular weight excluding hydrogens is 288 g/mol. The molecule has 0 heterocycles. The van der Waals surface area contributed by atoms with E-state index in [0.717, 1.165) is 28.3 Å². The number of benzene rings is 2. The third kappa shape index (κ3) is 4.25. The highest BCUT2D eigenvalue weighted by Gasteiger charge is 2.18. The number of ether oxygens (including phenoxy) is 1. The van der Waals surface area contributed by atoms with Gasteiger partial charge in [-0.05, 0) is 49.6 Å². The molecule has 4 nitrogen and oxygen atoms in total. The number of methoxy groups -OCH3 is 1. The largest absolute Gasteiger partial charge is 0.495 e. The minimum Gasteiger partial charge on any atom is -0.495 e. The molecule has 2 rings (SSSR count). The van der Waals surface area contributed by atoms with Crippen molar-refractivity contribution in [3.63, 3.8) is 0 Å². The third-order valence-electron chi connectivity index (χ3n) is 3.81. The highest BCUT2D eigenvalue weighted by Crippen LogP contribution is 2.25. The number of para-hydroxylation sites is 2. The quantitative estimate of drug-likeness (QED) is 0.843. The van der Waals surface area contributed by atoms with Crippen LogP contribution in [0.5, 0.6) is 5.75 Å². The molecule has 0 saturated heterocycles. The Morgan fingerprint density at radius 1 is 1.13 bits per heavy atom. The second-order valence-corrected chi connectivity index (χ2v) is 5.61. The van der Waals surface area contributed by atoms with Crippen molar-refractivity contribution < 1.29 is 9.53 Å². The van der Waals surface area contributed by atoms with Crippen LogP contribution in [0.2, 0.25) is 0 Å². The summed E-state index contributed by atoms with van der Waals surface area (Å²) in [6.07, 6.45) is 0.675. The Labute approximate surface area is 137 Å². The first-order valence-electron chi connectivity index (χ1n) is 7.82. The summed E-state index contributed by atoms with van der Waals surface area (Å²) in [5.74, 6) is 0.678. The molecule has 0 saturated carbocycles. The van der Waals surface area contributed by atoms with Crippen LogP contribution in [0.4, 0.5) is 11.4 Å². The molecule has 0 unspecified atom stereocenters. The molecule has 0 aliphatic heterocycles. The molecule has 122 valence electrons. The maximum Gasteiger partial charge on any atom is 0.246 e. The zero-order chi connectivity index (χ0) is 16.8. The SMILES string of the molecule is CC[C@H](Nc1ccccc1OC)C(=O)Nc1cc(C)ccc1C. The van der Waals surface area contributed by atoms with Crippen LogP contribution >= 0.6 is 0 Å². The van der Waals surface area contributed by atoms with Crippen molar-refractivity contribution in [1.82, 2.24) is 0 Å². The molecule has 0 bridgehead atoms. The Balaban J connectivity index is 2.14. The fourth-order valence-corrected chi connectivity index (χ4v) is 2.39. The number of hydrogen-bond acceptors (Lipinski definition) is 3. The molecule has 0 aliphatic carbocycles. The van der Waals surface area contributed by atoms with Gasteiger partial charge in [-0.2, -0.15) is 0 Å². The molecule has 0 fully saturated rings. The number of carbonyl (C=O) groups excluding carboxylic acids is 1. The van der Waals surface area contributed by atoms with Gasteiger partial charge >= 0.3 is 0 Å². The molecule has 0 aliphatic rings. The molecule has 2 aromatic rings. The standard InChI is InChI=1S/C19H24N2O2/c1-5-15(20-16-8-6-7-9-18(16)23-4)19(22)21-17-12-13(2)10-11-14(17)3/h6-12,15,20H,5H2,1-4H3,(H,21,22)/t15-/m0/s1. The van der Waals surface area contributed by atoms with Crippen molar-refractivity contribution in [2.75, 3.05) is 17.7 Å². The lowest BCUT2D eigenvalue weighted by atomic mass is 10.1. The van der Waals surface area contributed by atoms with Gasteiger partial charge in [0.1, 0.15) is 11.8 Å². The van der Waals surface area contributed by atoms with E-state index in [9.17, 15) is 4.79 Å². The first kappa shape index (κ1) is 16.9. The van der Waals surface area contributed by atoms with E-state index in [2.05, 4.69) is 10.6 Å². The van der Waals surface area contributed by atoms with E-state index in [1.165, 1.54) is 0 Å². The highest BCUT2D eigenvalue weighted by atomic mass is 16.5. The maximum atomic E-state index is 12.6. The number of nitrogens with one attached hydrogen (secondary N) is 2. The first-order chi connectivity index (χ1) is 11.0. The summed E-state index contributed by atoms with van der Waals surface area (Å²) < 4.78 is 5.33. The molecule has 23 heavy (non-hydrogen) atoms. The third-order valence-corrected chi connectivity index (χ3v) is 3.81. The minimum absolute atomic E-state index is 0.0490. The fraction of sp³-hybridized carbons (Fsp3) is 0.316. The summed E-state index contributed by atoms with van der Waals surface area (Å²) in [4.78, 5) is 12.6. The van der Waals surface area contributed by atoms with Gasteiger partial charge in [0.15, 0.2) is 0 Å². The molecule has 0 aromatic heterocycles. The van der Waals surface area contributed by atoms with Crippen LogP contribution in [0.25, 0.3) is 0 Å². The summed E-state index contributed by atoms with van der Waals surface area (Å²) in [5.41, 5.74) is 3.85. The molecule has 2 N–H and O–H groups in total. The molecule has 0 spiro atoms. The molecule has 1 atom stereocenters. The number of rotatable bonds is 6. The number of anilines is 2. The fourth-order valence-electron chi connectivity index (χ4n) is 2.39. The lowest BCUT2D eigenvalue weighted by Gasteiger charge is -2.20. The summed E-state index contributed by atoms with van der Waals surface area (Å²) in [5, 5.41) is 6.28. The van der Waals surface area contributed by atoms with E-state index in [0.29, 0.717) is 6.42 Å². The van der Waals surface area contributed by atoms with Gasteiger partial charge < -0.3 is 15.4 Å². The van der Waals surface area contributed by atoms with Crippen molar-refractivity contribution in [3.8, 4) is 5.75 Å². The molecule has 1 amide bonds. The molecular formula is C19H24N2O2. The van der Waals surface area contributed by atoms with E-state index in [-0.39, 0.29) is 11.9 Å². The van der Waals surface area contributed by atoms with Gasteiger partial charge in [-0.3, -0.25) is 4.79 Å². The molecule has 2 aromatic carbocycles. The van der Waals surface area contributed by atoms with Crippen LogP contribution in [0.1, 0.15) is 24.5 Å². The Morgan fingerprint density at radius 3 is 2.57 bits per heavy atom. The lowest BCUT2D eigenvalue weighted by molar-refractivity contribution is -0.117. The van der Waals surface area contributed by atoms with E-state index >= 15 is 0 Å². The van der Waals surface area contributed by atoms with Gasteiger partial charge in [-0.25, -0.2) is 0 Å². The van der Waals surface area contributed by atoms with Crippen molar-refractivity contribution in [3.05, 3.63) is 53.6 Å². The number of amides is 1. The van der Waals surface area contributed by atoms with E-state index in [4.69, 9.17) is 4.74 Å². The predicted octanol–water partition coefficient (Wildman–Crippen LogP) is 4.14.